The van der Waals surface area contributed by atoms with E-state index >= 15 is 0 Å². The lowest BCUT2D eigenvalue weighted by atomic mass is 10.3. The van der Waals surface area contributed by atoms with Crippen molar-refractivity contribution < 1.29 is 0 Å². The van der Waals surface area contributed by atoms with Gasteiger partial charge in [0.15, 0.2) is 0 Å². The summed E-state index contributed by atoms with van der Waals surface area (Å²) in [5.41, 5.74) is 11.9. The second-order valence-corrected chi connectivity index (χ2v) is 1.78. The molecule has 0 bridgehead atoms. The van der Waals surface area contributed by atoms with Gasteiger partial charge in [-0.15, -0.1) is 0 Å². The predicted molar refractivity (Wildman–Crippen MR) is 48.1 cm³/mol. The third kappa shape index (κ3) is 3.15. The Balaban J connectivity index is 4.51. The summed E-state index contributed by atoms with van der Waals surface area (Å²) in [5, 5.41) is 2.81. The van der Waals surface area contributed by atoms with Crippen molar-refractivity contribution in [3.63, 3.8) is 0 Å². The van der Waals surface area contributed by atoms with Crippen LogP contribution in [0.3, 0.4) is 0 Å². The number of nitrogens with two attached hydrogens (primary N) is 2. The van der Waals surface area contributed by atoms with Gasteiger partial charge in [-0.25, -0.2) is 0 Å². The van der Waals surface area contributed by atoms with Gasteiger partial charge in [-0.1, -0.05) is 13.2 Å². The van der Waals surface area contributed by atoms with Gasteiger partial charge in [-0.3, -0.25) is 0 Å². The smallest absolute Gasteiger partial charge is 0.0607 e. The highest BCUT2D eigenvalue weighted by atomic mass is 14.9. The molecule has 5 N–H and O–H groups in total. The van der Waals surface area contributed by atoms with Gasteiger partial charge >= 0.3 is 0 Å². The second kappa shape index (κ2) is 5.17. The van der Waals surface area contributed by atoms with E-state index in [-0.39, 0.29) is 0 Å². The minimum Gasteiger partial charge on any atom is -0.405 e. The Morgan fingerprint density at radius 2 is 2.00 bits per heavy atom. The molecule has 0 amide bonds. The fraction of sp³-hybridized carbons (Fsp3) is 0. The number of allylic oxidation sites excluding steroid dienone is 2. The molecule has 0 atom stereocenters. The zero-order valence-electron chi connectivity index (χ0n) is 6.38. The van der Waals surface area contributed by atoms with Crippen molar-refractivity contribution in [2.24, 2.45) is 11.5 Å². The summed E-state index contributed by atoms with van der Waals surface area (Å²) < 4.78 is 0. The Morgan fingerprint density at radius 1 is 1.36 bits per heavy atom. The van der Waals surface area contributed by atoms with Crippen LogP contribution >= 0.6 is 0 Å². The fourth-order valence-corrected chi connectivity index (χ4v) is 0.564. The summed E-state index contributed by atoms with van der Waals surface area (Å²) in [5.74, 6) is 0. The van der Waals surface area contributed by atoms with E-state index in [0.717, 1.165) is 0 Å². The van der Waals surface area contributed by atoms with E-state index in [1.54, 1.807) is 12.2 Å². The van der Waals surface area contributed by atoms with Gasteiger partial charge in [-0.05, 0) is 24.6 Å². The lowest BCUT2D eigenvalue weighted by Crippen LogP contribution is -2.09. The molecule has 0 aromatic heterocycles. The molecule has 0 fully saturated rings. The molecule has 0 radical (unpaired) electrons. The fourth-order valence-electron chi connectivity index (χ4n) is 0.564. The van der Waals surface area contributed by atoms with Crippen molar-refractivity contribution >= 4 is 0 Å². The first-order valence-corrected chi connectivity index (χ1v) is 3.14. The minimum absolute atomic E-state index is 0.530. The molecule has 0 unspecified atom stereocenters. The maximum absolute atomic E-state index is 5.56. The molecule has 3 nitrogen and oxygen atoms in total. The quantitative estimate of drug-likeness (QED) is 0.514. The molecular weight excluding hydrogens is 138 g/mol. The van der Waals surface area contributed by atoms with Crippen LogP contribution in [-0.2, 0) is 0 Å². The van der Waals surface area contributed by atoms with E-state index in [1.165, 1.54) is 12.4 Å². The molecule has 0 aliphatic rings. The van der Waals surface area contributed by atoms with E-state index in [4.69, 9.17) is 11.5 Å². The third-order valence-electron chi connectivity index (χ3n) is 1.05. The summed E-state index contributed by atoms with van der Waals surface area (Å²) in [6, 6.07) is 0. The molecule has 0 heterocycles. The highest BCUT2D eigenvalue weighted by Gasteiger charge is 1.90. The minimum atomic E-state index is 0.530. The molecule has 0 aliphatic heterocycles. The van der Waals surface area contributed by atoms with Crippen LogP contribution in [0.25, 0.3) is 0 Å². The van der Waals surface area contributed by atoms with Crippen molar-refractivity contribution in [2.75, 3.05) is 0 Å². The van der Waals surface area contributed by atoms with Crippen LogP contribution in [0, 0.1) is 0 Å². The first-order valence-electron chi connectivity index (χ1n) is 3.14. The Hall–Kier alpha value is -1.64. The van der Waals surface area contributed by atoms with Gasteiger partial charge in [0.25, 0.3) is 0 Å². The topological polar surface area (TPSA) is 64.1 Å². The van der Waals surface area contributed by atoms with Crippen LogP contribution in [0.15, 0.2) is 49.1 Å². The van der Waals surface area contributed by atoms with Gasteiger partial charge in [0.1, 0.15) is 0 Å². The maximum Gasteiger partial charge on any atom is 0.0607 e. The number of hydrogen-bond donors (Lipinski definition) is 3. The molecule has 0 spiro atoms. The van der Waals surface area contributed by atoms with Crippen LogP contribution in [0.2, 0.25) is 0 Å². The van der Waals surface area contributed by atoms with Crippen molar-refractivity contribution in [3.8, 4) is 0 Å². The average molecular weight is 151 g/mol. The summed E-state index contributed by atoms with van der Waals surface area (Å²) in [6.07, 6.45) is 6.06. The third-order valence-corrected chi connectivity index (χ3v) is 1.05. The molecule has 0 aliphatic carbocycles. The van der Waals surface area contributed by atoms with Crippen molar-refractivity contribution in [3.05, 3.63) is 49.1 Å². The zero-order chi connectivity index (χ0) is 8.69. The second-order valence-electron chi connectivity index (χ2n) is 1.78. The van der Waals surface area contributed by atoms with Crippen molar-refractivity contribution in [2.45, 2.75) is 0 Å². The van der Waals surface area contributed by atoms with E-state index in [9.17, 15) is 0 Å². The standard InChI is InChI=1S/C8H13N3/c1-3-8(11-4-2)7(10)5-6-9/h3-6,11H,1-2,9-10H2/b6-5-,8-7-. The summed E-state index contributed by atoms with van der Waals surface area (Å²) in [6.45, 7) is 7.05. The van der Waals surface area contributed by atoms with E-state index < -0.39 is 0 Å². The number of rotatable bonds is 4. The van der Waals surface area contributed by atoms with Crippen LogP contribution in [0.4, 0.5) is 0 Å². The van der Waals surface area contributed by atoms with Gasteiger partial charge in [0.05, 0.1) is 11.4 Å². The highest BCUT2D eigenvalue weighted by Crippen LogP contribution is 1.96. The van der Waals surface area contributed by atoms with Crippen molar-refractivity contribution in [1.29, 1.82) is 0 Å². The molecule has 0 saturated heterocycles. The summed E-state index contributed by atoms with van der Waals surface area (Å²) >= 11 is 0. The molecule has 0 aromatic carbocycles. The van der Waals surface area contributed by atoms with Gasteiger partial charge < -0.3 is 16.8 Å². The molecule has 0 aromatic rings. The van der Waals surface area contributed by atoms with E-state index in [0.29, 0.717) is 11.4 Å². The average Bonchev–Trinajstić information content (AvgIpc) is 2.00. The first-order chi connectivity index (χ1) is 5.26. The van der Waals surface area contributed by atoms with E-state index in [2.05, 4.69) is 18.5 Å². The Labute approximate surface area is 66.8 Å². The zero-order valence-corrected chi connectivity index (χ0v) is 6.38. The Bertz CT molecular complexity index is 201. The van der Waals surface area contributed by atoms with Crippen LogP contribution in [-0.4, -0.2) is 0 Å². The van der Waals surface area contributed by atoms with Crippen molar-refractivity contribution in [1.82, 2.24) is 5.32 Å². The lowest BCUT2D eigenvalue weighted by molar-refractivity contribution is 1.08. The Morgan fingerprint density at radius 3 is 2.36 bits per heavy atom. The summed E-state index contributed by atoms with van der Waals surface area (Å²) in [4.78, 5) is 0. The lowest BCUT2D eigenvalue weighted by Gasteiger charge is -2.02. The molecule has 60 valence electrons. The maximum atomic E-state index is 5.56. The Kier molecular flexibility index (Phi) is 4.40. The van der Waals surface area contributed by atoms with Gasteiger partial charge in [-0.2, -0.15) is 0 Å². The van der Waals surface area contributed by atoms with Crippen LogP contribution in [0.5, 0.6) is 0 Å². The van der Waals surface area contributed by atoms with Gasteiger partial charge in [0, 0.05) is 0 Å². The largest absolute Gasteiger partial charge is 0.405 e. The number of nitrogens with one attached hydrogen (secondary N) is 1. The molecular formula is C8H13N3. The molecule has 0 saturated carbocycles. The van der Waals surface area contributed by atoms with Gasteiger partial charge in [0.2, 0.25) is 0 Å². The summed E-state index contributed by atoms with van der Waals surface area (Å²) in [7, 11) is 0. The van der Waals surface area contributed by atoms with Crippen LogP contribution < -0.4 is 16.8 Å². The normalized spacial score (nSPS) is 12.4. The molecule has 11 heavy (non-hydrogen) atoms. The predicted octanol–water partition coefficient (Wildman–Crippen LogP) is 0.548. The molecule has 0 rings (SSSR count). The number of hydrogen-bond acceptors (Lipinski definition) is 3. The highest BCUT2D eigenvalue weighted by molar-refractivity contribution is 5.29. The SMILES string of the molecule is C=CN/C(C=C)=C(N)/C=C\N. The molecule has 3 heteroatoms. The van der Waals surface area contributed by atoms with Crippen LogP contribution in [0.1, 0.15) is 0 Å². The van der Waals surface area contributed by atoms with E-state index in [1.807, 2.05) is 0 Å². The first kappa shape index (κ1) is 9.36. The monoisotopic (exact) mass is 151 g/mol.